The minimum Gasteiger partial charge on any atom is -0.507 e. The second-order valence-electron chi connectivity index (χ2n) is 4.58. The van der Waals surface area contributed by atoms with Crippen LogP contribution in [-0.2, 0) is 0 Å². The van der Waals surface area contributed by atoms with Crippen LogP contribution in [0.1, 0.15) is 15.9 Å². The maximum absolute atomic E-state index is 11.9. The monoisotopic (exact) mass is 320 g/mol. The molecule has 0 spiro atoms. The molecule has 0 atom stereocenters. The lowest BCUT2D eigenvalue weighted by molar-refractivity contribution is 0.0693. The fourth-order valence-corrected chi connectivity index (χ4v) is 2.06. The van der Waals surface area contributed by atoms with Crippen molar-refractivity contribution in [1.29, 1.82) is 0 Å². The van der Waals surface area contributed by atoms with Crippen LogP contribution < -0.4 is 10.6 Å². The van der Waals surface area contributed by atoms with E-state index in [0.29, 0.717) is 16.3 Å². The lowest BCUT2D eigenvalue weighted by Gasteiger charge is -2.11. The van der Waals surface area contributed by atoms with Gasteiger partial charge in [0, 0.05) is 16.4 Å². The van der Waals surface area contributed by atoms with Gasteiger partial charge < -0.3 is 20.8 Å². The Labute approximate surface area is 131 Å². The third-order valence-corrected chi connectivity index (χ3v) is 3.11. The molecule has 0 aromatic heterocycles. The highest BCUT2D eigenvalue weighted by molar-refractivity contribution is 6.30. The summed E-state index contributed by atoms with van der Waals surface area (Å²) in [6.45, 7) is 1.54. The molecule has 2 rings (SSSR count). The number of amides is 2. The normalized spacial score (nSPS) is 10.1. The van der Waals surface area contributed by atoms with E-state index in [2.05, 4.69) is 10.6 Å². The SMILES string of the molecule is Cc1cc(NC(=O)Nc2cccc(Cl)c2)cc(C(=O)O)c1O. The predicted octanol–water partition coefficient (Wildman–Crippen LogP) is 3.70. The summed E-state index contributed by atoms with van der Waals surface area (Å²) < 4.78 is 0. The molecule has 0 aliphatic heterocycles. The first-order chi connectivity index (χ1) is 10.4. The number of carboxylic acids is 1. The summed E-state index contributed by atoms with van der Waals surface area (Å²) in [6.07, 6.45) is 0. The van der Waals surface area contributed by atoms with Crippen molar-refractivity contribution in [2.75, 3.05) is 10.6 Å². The molecule has 114 valence electrons. The molecule has 0 aliphatic carbocycles. The smallest absolute Gasteiger partial charge is 0.339 e. The first-order valence-corrected chi connectivity index (χ1v) is 6.65. The van der Waals surface area contributed by atoms with Crippen molar-refractivity contribution in [2.45, 2.75) is 6.92 Å². The number of carbonyl (C=O) groups is 2. The zero-order valence-electron chi connectivity index (χ0n) is 11.6. The molecular weight excluding hydrogens is 308 g/mol. The minimum atomic E-state index is -1.28. The third kappa shape index (κ3) is 3.67. The van der Waals surface area contributed by atoms with Crippen molar-refractivity contribution < 1.29 is 19.8 Å². The van der Waals surface area contributed by atoms with Crippen molar-refractivity contribution in [3.05, 3.63) is 52.5 Å². The molecular formula is C15H13ClN2O4. The Kier molecular flexibility index (Phi) is 4.53. The lowest BCUT2D eigenvalue weighted by Crippen LogP contribution is -2.19. The van der Waals surface area contributed by atoms with Gasteiger partial charge in [-0.05, 0) is 42.8 Å². The molecule has 0 fully saturated rings. The average Bonchev–Trinajstić information content (AvgIpc) is 2.42. The van der Waals surface area contributed by atoms with Crippen LogP contribution in [0.4, 0.5) is 16.2 Å². The van der Waals surface area contributed by atoms with E-state index in [9.17, 15) is 14.7 Å². The van der Waals surface area contributed by atoms with E-state index in [0.717, 1.165) is 0 Å². The molecule has 0 bridgehead atoms. The summed E-state index contributed by atoms with van der Waals surface area (Å²) in [5.41, 5.74) is 0.821. The number of benzene rings is 2. The van der Waals surface area contributed by atoms with E-state index in [4.69, 9.17) is 16.7 Å². The minimum absolute atomic E-state index is 0.257. The van der Waals surface area contributed by atoms with Gasteiger partial charge in [0.2, 0.25) is 0 Å². The zero-order chi connectivity index (χ0) is 16.3. The van der Waals surface area contributed by atoms with E-state index < -0.39 is 12.0 Å². The highest BCUT2D eigenvalue weighted by atomic mass is 35.5. The number of halogens is 1. The van der Waals surface area contributed by atoms with Gasteiger partial charge in [0.05, 0.1) is 0 Å². The van der Waals surface area contributed by atoms with Gasteiger partial charge in [0.15, 0.2) is 0 Å². The van der Waals surface area contributed by atoms with Crippen LogP contribution in [0.5, 0.6) is 5.75 Å². The van der Waals surface area contributed by atoms with Crippen LogP contribution in [0.3, 0.4) is 0 Å². The zero-order valence-corrected chi connectivity index (χ0v) is 12.3. The van der Waals surface area contributed by atoms with Gasteiger partial charge in [-0.1, -0.05) is 17.7 Å². The number of hydrogen-bond acceptors (Lipinski definition) is 3. The van der Waals surface area contributed by atoms with E-state index in [1.54, 1.807) is 31.2 Å². The maximum atomic E-state index is 11.9. The Balaban J connectivity index is 2.16. The summed E-state index contributed by atoms with van der Waals surface area (Å²) >= 11 is 5.82. The number of urea groups is 1. The number of nitrogens with one attached hydrogen (secondary N) is 2. The maximum Gasteiger partial charge on any atom is 0.339 e. The first-order valence-electron chi connectivity index (χ1n) is 6.27. The number of rotatable bonds is 3. The fourth-order valence-electron chi connectivity index (χ4n) is 1.87. The van der Waals surface area contributed by atoms with Crippen LogP contribution in [0, 0.1) is 6.92 Å². The van der Waals surface area contributed by atoms with Crippen molar-refractivity contribution in [3.8, 4) is 5.75 Å². The second-order valence-corrected chi connectivity index (χ2v) is 5.02. The van der Waals surface area contributed by atoms with Crippen LogP contribution in [0.25, 0.3) is 0 Å². The topological polar surface area (TPSA) is 98.7 Å². The summed E-state index contributed by atoms with van der Waals surface area (Å²) in [4.78, 5) is 22.9. The second kappa shape index (κ2) is 6.36. The Bertz CT molecular complexity index is 746. The van der Waals surface area contributed by atoms with Gasteiger partial charge in [0.1, 0.15) is 11.3 Å². The van der Waals surface area contributed by atoms with Gasteiger partial charge in [-0.15, -0.1) is 0 Å². The molecule has 6 nitrogen and oxygen atoms in total. The van der Waals surface area contributed by atoms with Gasteiger partial charge in [-0.25, -0.2) is 9.59 Å². The van der Waals surface area contributed by atoms with Crippen LogP contribution >= 0.6 is 11.6 Å². The summed E-state index contributed by atoms with van der Waals surface area (Å²) in [7, 11) is 0. The van der Waals surface area contributed by atoms with Crippen molar-refractivity contribution in [2.24, 2.45) is 0 Å². The molecule has 2 aromatic rings. The Morgan fingerprint density at radius 3 is 2.41 bits per heavy atom. The van der Waals surface area contributed by atoms with Crippen LogP contribution in [0.2, 0.25) is 5.02 Å². The quantitative estimate of drug-likeness (QED) is 0.648. The molecule has 2 aromatic carbocycles. The Hall–Kier alpha value is -2.73. The molecule has 0 unspecified atom stereocenters. The number of aromatic carboxylic acids is 1. The van der Waals surface area contributed by atoms with E-state index in [1.165, 1.54) is 12.1 Å². The Morgan fingerprint density at radius 2 is 1.77 bits per heavy atom. The van der Waals surface area contributed by atoms with Gasteiger partial charge >= 0.3 is 12.0 Å². The van der Waals surface area contributed by atoms with Crippen LogP contribution in [0.15, 0.2) is 36.4 Å². The van der Waals surface area contributed by atoms with Gasteiger partial charge in [-0.2, -0.15) is 0 Å². The number of carboxylic acid groups (broad SMARTS) is 1. The van der Waals surface area contributed by atoms with Crippen molar-refractivity contribution in [3.63, 3.8) is 0 Å². The largest absolute Gasteiger partial charge is 0.507 e. The molecule has 0 radical (unpaired) electrons. The summed E-state index contributed by atoms with van der Waals surface area (Å²) in [5, 5.41) is 24.2. The molecule has 0 heterocycles. The Morgan fingerprint density at radius 1 is 1.09 bits per heavy atom. The molecule has 0 saturated heterocycles. The number of anilines is 2. The molecule has 22 heavy (non-hydrogen) atoms. The third-order valence-electron chi connectivity index (χ3n) is 2.87. The van der Waals surface area contributed by atoms with Crippen LogP contribution in [-0.4, -0.2) is 22.2 Å². The van der Waals surface area contributed by atoms with E-state index in [1.807, 2.05) is 0 Å². The molecule has 2 amide bonds. The van der Waals surface area contributed by atoms with E-state index in [-0.39, 0.29) is 17.0 Å². The summed E-state index contributed by atoms with van der Waals surface area (Å²) in [5.74, 6) is -1.60. The molecule has 0 aliphatic rings. The number of aryl methyl sites for hydroxylation is 1. The number of carbonyl (C=O) groups excluding carboxylic acids is 1. The highest BCUT2D eigenvalue weighted by Gasteiger charge is 2.14. The van der Waals surface area contributed by atoms with Crippen molar-refractivity contribution in [1.82, 2.24) is 0 Å². The number of hydrogen-bond donors (Lipinski definition) is 4. The summed E-state index contributed by atoms with van der Waals surface area (Å²) in [6, 6.07) is 8.70. The van der Waals surface area contributed by atoms with E-state index >= 15 is 0 Å². The van der Waals surface area contributed by atoms with Gasteiger partial charge in [0.25, 0.3) is 0 Å². The highest BCUT2D eigenvalue weighted by Crippen LogP contribution is 2.26. The standard InChI is InChI=1S/C15H13ClN2O4/c1-8-5-11(7-12(13(8)19)14(20)21)18-15(22)17-10-4-2-3-9(16)6-10/h2-7,19H,1H3,(H,20,21)(H2,17,18,22). The predicted molar refractivity (Wildman–Crippen MR) is 83.9 cm³/mol. The first kappa shape index (κ1) is 15.7. The number of phenols is 1. The van der Waals surface area contributed by atoms with Crippen molar-refractivity contribution >= 4 is 35.0 Å². The lowest BCUT2D eigenvalue weighted by atomic mass is 10.1. The average molecular weight is 321 g/mol. The fraction of sp³-hybridized carbons (Fsp3) is 0.0667. The molecule has 0 saturated carbocycles. The molecule has 7 heteroatoms. The molecule has 4 N–H and O–H groups in total. The van der Waals surface area contributed by atoms with Gasteiger partial charge in [-0.3, -0.25) is 0 Å². The number of aromatic hydroxyl groups is 1.